The third kappa shape index (κ3) is 6.01. The lowest BCUT2D eigenvalue weighted by Crippen LogP contribution is -2.54. The van der Waals surface area contributed by atoms with Crippen LogP contribution in [-0.2, 0) is 16.2 Å². The van der Waals surface area contributed by atoms with E-state index < -0.39 is 17.8 Å². The number of rotatable bonds is 7. The highest BCUT2D eigenvalue weighted by molar-refractivity contribution is 6.39. The predicted molar refractivity (Wildman–Crippen MR) is 213 cm³/mol. The number of barbiturate groups is 1. The molecule has 1 fully saturated rings. The van der Waals surface area contributed by atoms with Crippen LogP contribution in [0.25, 0.3) is 16.8 Å². The summed E-state index contributed by atoms with van der Waals surface area (Å²) in [6, 6.07) is 43.8. The number of hydrogen-bond acceptors (Lipinski definition) is 5. The Balaban J connectivity index is 1.17. The standard InChI is InChI=1S/C47H39N3O4/c1-30-11-10-12-31(25-30)29-54-43-20-19-34-17-8-9-18-36(34)39(43)28-42-45(51)48-47(53)50(46(42)52)35-26-40-37(32-13-4-2-5-14-32)21-23-49-24-22-38(41(27-35)44(40)49)33-15-6-3-7-16-33/h2-20,25-28,37-38H,21-24,29H2,1H3,(H,48,51,53)/b42-28+/t37-,38+. The molecule has 3 aliphatic rings. The van der Waals surface area contributed by atoms with E-state index in [0.29, 0.717) is 23.6 Å². The van der Waals surface area contributed by atoms with Gasteiger partial charge in [-0.05, 0) is 82.6 Å². The molecule has 0 aliphatic carbocycles. The van der Waals surface area contributed by atoms with E-state index in [0.717, 1.165) is 63.9 Å². The molecule has 7 heteroatoms. The van der Waals surface area contributed by atoms with E-state index >= 15 is 0 Å². The van der Waals surface area contributed by atoms with Gasteiger partial charge in [0.1, 0.15) is 17.9 Å². The maximum Gasteiger partial charge on any atom is 0.335 e. The number of carbonyl (C=O) groups is 3. The second-order valence-corrected chi connectivity index (χ2v) is 14.4. The van der Waals surface area contributed by atoms with Gasteiger partial charge in [0.25, 0.3) is 11.8 Å². The first kappa shape index (κ1) is 33.4. The van der Waals surface area contributed by atoms with Crippen molar-refractivity contribution < 1.29 is 19.1 Å². The molecule has 0 spiro atoms. The SMILES string of the molecule is Cc1cccc(COc2ccc3ccccc3c2/C=C2\C(=O)NC(=O)N(c3cc4c5c(c3)[C@H](c3ccccc3)CCN5CC[C@@H]4c3ccccc3)C2=O)c1. The lowest BCUT2D eigenvalue weighted by molar-refractivity contribution is -0.122. The first-order valence-electron chi connectivity index (χ1n) is 18.6. The lowest BCUT2D eigenvalue weighted by Gasteiger charge is -2.44. The van der Waals surface area contributed by atoms with E-state index in [2.05, 4.69) is 64.8 Å². The molecule has 2 atom stereocenters. The van der Waals surface area contributed by atoms with Crippen molar-refractivity contribution in [3.8, 4) is 5.75 Å². The van der Waals surface area contributed by atoms with Crippen LogP contribution in [0.2, 0.25) is 0 Å². The topological polar surface area (TPSA) is 79.0 Å². The molecule has 266 valence electrons. The van der Waals surface area contributed by atoms with Crippen LogP contribution < -0.4 is 19.9 Å². The van der Waals surface area contributed by atoms with E-state index in [-0.39, 0.29) is 17.4 Å². The molecule has 4 amide bonds. The Morgan fingerprint density at radius 2 is 1.37 bits per heavy atom. The Labute approximate surface area is 314 Å². The number of ether oxygens (including phenoxy) is 1. The molecule has 6 aromatic carbocycles. The van der Waals surface area contributed by atoms with Gasteiger partial charge in [-0.15, -0.1) is 0 Å². The molecule has 0 bridgehead atoms. The quantitative estimate of drug-likeness (QED) is 0.132. The monoisotopic (exact) mass is 709 g/mol. The summed E-state index contributed by atoms with van der Waals surface area (Å²) in [5.41, 5.74) is 8.77. The van der Waals surface area contributed by atoms with Gasteiger partial charge in [0.2, 0.25) is 0 Å². The van der Waals surface area contributed by atoms with Crippen molar-refractivity contribution in [2.75, 3.05) is 22.9 Å². The Hall–Kier alpha value is -6.47. The Kier molecular flexibility index (Phi) is 8.54. The number of nitrogens with one attached hydrogen (secondary N) is 1. The number of imide groups is 2. The minimum absolute atomic E-state index is 0.0778. The van der Waals surface area contributed by atoms with Crippen molar-refractivity contribution in [1.29, 1.82) is 0 Å². The number of carbonyl (C=O) groups excluding carboxylic acids is 3. The molecule has 0 saturated carbocycles. The molecular formula is C47H39N3O4. The summed E-state index contributed by atoms with van der Waals surface area (Å²) in [4.78, 5) is 45.8. The van der Waals surface area contributed by atoms with Gasteiger partial charge in [0, 0.05) is 36.2 Å². The molecule has 1 N–H and O–H groups in total. The largest absolute Gasteiger partial charge is 0.488 e. The van der Waals surface area contributed by atoms with E-state index in [9.17, 15) is 14.4 Å². The molecule has 0 aromatic heterocycles. The normalized spacial score (nSPS) is 18.8. The van der Waals surface area contributed by atoms with Crippen LogP contribution in [0.3, 0.4) is 0 Å². The number of fused-ring (bicyclic) bond motifs is 1. The number of aryl methyl sites for hydroxylation is 1. The molecule has 3 aliphatic heterocycles. The van der Waals surface area contributed by atoms with E-state index in [1.807, 2.05) is 85.8 Å². The van der Waals surface area contributed by atoms with Crippen LogP contribution in [0.5, 0.6) is 5.75 Å². The first-order valence-corrected chi connectivity index (χ1v) is 18.6. The fraction of sp³-hybridized carbons (Fsp3) is 0.170. The zero-order chi connectivity index (χ0) is 36.8. The maximum absolute atomic E-state index is 14.7. The number of urea groups is 1. The average Bonchev–Trinajstić information content (AvgIpc) is 3.19. The van der Waals surface area contributed by atoms with Gasteiger partial charge in [-0.3, -0.25) is 14.9 Å². The summed E-state index contributed by atoms with van der Waals surface area (Å²) in [5, 5.41) is 4.25. The number of amides is 4. The van der Waals surface area contributed by atoms with Crippen molar-refractivity contribution in [2.45, 2.75) is 38.2 Å². The number of nitrogens with zero attached hydrogens (tertiary/aromatic N) is 2. The van der Waals surface area contributed by atoms with Crippen molar-refractivity contribution in [3.05, 3.63) is 178 Å². The minimum Gasteiger partial charge on any atom is -0.488 e. The van der Waals surface area contributed by atoms with Crippen molar-refractivity contribution in [1.82, 2.24) is 5.32 Å². The summed E-state index contributed by atoms with van der Waals surface area (Å²) < 4.78 is 6.37. The van der Waals surface area contributed by atoms with Gasteiger partial charge in [0.15, 0.2) is 0 Å². The summed E-state index contributed by atoms with van der Waals surface area (Å²) in [6.07, 6.45) is 3.40. The summed E-state index contributed by atoms with van der Waals surface area (Å²) in [6.45, 7) is 4.18. The number of benzene rings is 6. The summed E-state index contributed by atoms with van der Waals surface area (Å²) in [7, 11) is 0. The van der Waals surface area contributed by atoms with Crippen molar-refractivity contribution >= 4 is 46.1 Å². The van der Waals surface area contributed by atoms with Crippen LogP contribution in [0.15, 0.2) is 139 Å². The molecule has 0 unspecified atom stereocenters. The van der Waals surface area contributed by atoms with Crippen LogP contribution in [0.4, 0.5) is 16.2 Å². The Morgan fingerprint density at radius 3 is 2.04 bits per heavy atom. The molecule has 7 nitrogen and oxygen atoms in total. The number of anilines is 2. The first-order chi connectivity index (χ1) is 26.4. The van der Waals surface area contributed by atoms with Gasteiger partial charge in [0.05, 0.1) is 5.69 Å². The summed E-state index contributed by atoms with van der Waals surface area (Å²) in [5.74, 6) is -0.734. The van der Waals surface area contributed by atoms with Crippen LogP contribution in [0.1, 0.15) is 63.6 Å². The Morgan fingerprint density at radius 1 is 0.722 bits per heavy atom. The van der Waals surface area contributed by atoms with Gasteiger partial charge in [-0.2, -0.15) is 0 Å². The molecule has 54 heavy (non-hydrogen) atoms. The molecule has 9 rings (SSSR count). The Bertz CT molecular complexity index is 2400. The third-order valence-electron chi connectivity index (χ3n) is 11.1. The smallest absolute Gasteiger partial charge is 0.335 e. The zero-order valence-electron chi connectivity index (χ0n) is 30.0. The average molecular weight is 710 g/mol. The lowest BCUT2D eigenvalue weighted by atomic mass is 9.76. The molecular weight excluding hydrogens is 671 g/mol. The van der Waals surface area contributed by atoms with Crippen molar-refractivity contribution in [3.63, 3.8) is 0 Å². The van der Waals surface area contributed by atoms with E-state index in [4.69, 9.17) is 4.74 Å². The fourth-order valence-corrected chi connectivity index (χ4v) is 8.52. The molecule has 0 radical (unpaired) electrons. The highest BCUT2D eigenvalue weighted by Crippen LogP contribution is 2.50. The third-order valence-corrected chi connectivity index (χ3v) is 11.1. The number of hydrogen-bond donors (Lipinski definition) is 1. The maximum atomic E-state index is 14.7. The van der Waals surface area contributed by atoms with Crippen molar-refractivity contribution in [2.24, 2.45) is 0 Å². The zero-order valence-corrected chi connectivity index (χ0v) is 30.0. The van der Waals surface area contributed by atoms with Crippen LogP contribution in [-0.4, -0.2) is 30.9 Å². The predicted octanol–water partition coefficient (Wildman–Crippen LogP) is 9.27. The van der Waals surface area contributed by atoms with E-state index in [1.165, 1.54) is 16.8 Å². The van der Waals surface area contributed by atoms with E-state index in [1.54, 1.807) is 6.08 Å². The van der Waals surface area contributed by atoms with Gasteiger partial charge >= 0.3 is 6.03 Å². The van der Waals surface area contributed by atoms with Crippen LogP contribution in [0, 0.1) is 6.92 Å². The fourth-order valence-electron chi connectivity index (χ4n) is 8.52. The highest BCUT2D eigenvalue weighted by Gasteiger charge is 2.41. The molecule has 6 aromatic rings. The van der Waals surface area contributed by atoms with Crippen LogP contribution >= 0.6 is 0 Å². The van der Waals surface area contributed by atoms with Gasteiger partial charge in [-0.1, -0.05) is 121 Å². The highest BCUT2D eigenvalue weighted by atomic mass is 16.5. The second kappa shape index (κ2) is 13.8. The van der Waals surface area contributed by atoms with Gasteiger partial charge < -0.3 is 9.64 Å². The second-order valence-electron chi connectivity index (χ2n) is 14.4. The minimum atomic E-state index is -0.765. The molecule has 3 heterocycles. The summed E-state index contributed by atoms with van der Waals surface area (Å²) >= 11 is 0. The van der Waals surface area contributed by atoms with Gasteiger partial charge in [-0.25, -0.2) is 9.69 Å². The molecule has 1 saturated heterocycles.